The van der Waals surface area contributed by atoms with Crippen molar-refractivity contribution in [1.82, 2.24) is 5.16 Å². The van der Waals surface area contributed by atoms with Gasteiger partial charge in [0.15, 0.2) is 5.82 Å². The minimum atomic E-state index is -0.254. The molecule has 0 spiro atoms. The Morgan fingerprint density at radius 1 is 1.59 bits per heavy atom. The number of anilines is 1. The van der Waals surface area contributed by atoms with Crippen LogP contribution >= 0.6 is 11.3 Å². The molecule has 86 valence electrons. The van der Waals surface area contributed by atoms with Crippen LogP contribution in [0.1, 0.15) is 15.2 Å². The molecule has 2 aromatic heterocycles. The maximum absolute atomic E-state index is 11.9. The second-order valence-corrected chi connectivity index (χ2v) is 3.92. The molecule has 6 heteroatoms. The van der Waals surface area contributed by atoms with Crippen LogP contribution in [0.2, 0.25) is 0 Å². The summed E-state index contributed by atoms with van der Waals surface area (Å²) in [5, 5.41) is 8.01. The van der Waals surface area contributed by atoms with Crippen LogP contribution in [0.5, 0.6) is 0 Å². The average Bonchev–Trinajstić information content (AvgIpc) is 2.96. The lowest BCUT2D eigenvalue weighted by molar-refractivity contribution is 0.102. The van der Waals surface area contributed by atoms with E-state index in [1.165, 1.54) is 17.6 Å². The third-order valence-electron chi connectivity index (χ3n) is 1.88. The van der Waals surface area contributed by atoms with Gasteiger partial charge >= 0.3 is 0 Å². The summed E-state index contributed by atoms with van der Waals surface area (Å²) in [5.74, 6) is 5.68. The van der Waals surface area contributed by atoms with E-state index in [0.717, 1.165) is 0 Å². The summed E-state index contributed by atoms with van der Waals surface area (Å²) in [4.78, 5) is 12.4. The van der Waals surface area contributed by atoms with Crippen molar-refractivity contribution in [2.24, 2.45) is 5.73 Å². The number of nitrogens with zero attached hydrogens (tertiary/aromatic N) is 1. The molecule has 5 nitrogen and oxygen atoms in total. The molecule has 0 atom stereocenters. The Hall–Kier alpha value is -2.10. The number of rotatable bonds is 2. The van der Waals surface area contributed by atoms with Crippen LogP contribution in [0, 0.1) is 11.8 Å². The van der Waals surface area contributed by atoms with Gasteiger partial charge in [-0.15, -0.1) is 11.3 Å². The SMILES string of the molecule is NCC#Cc1ccsc1C(=O)Nc1ccon1. The second-order valence-electron chi connectivity index (χ2n) is 3.01. The number of nitrogens with two attached hydrogens (primary N) is 1. The van der Waals surface area contributed by atoms with Crippen LogP contribution in [0.3, 0.4) is 0 Å². The van der Waals surface area contributed by atoms with E-state index in [4.69, 9.17) is 5.73 Å². The summed E-state index contributed by atoms with van der Waals surface area (Å²) in [5.41, 5.74) is 5.96. The van der Waals surface area contributed by atoms with Crippen LogP contribution in [0.4, 0.5) is 5.82 Å². The average molecular weight is 247 g/mol. The molecule has 2 heterocycles. The van der Waals surface area contributed by atoms with Crippen LogP contribution in [-0.2, 0) is 0 Å². The number of thiophene rings is 1. The highest BCUT2D eigenvalue weighted by Gasteiger charge is 2.13. The highest BCUT2D eigenvalue weighted by Crippen LogP contribution is 2.17. The number of amides is 1. The smallest absolute Gasteiger partial charge is 0.268 e. The van der Waals surface area contributed by atoms with E-state index in [-0.39, 0.29) is 12.5 Å². The number of nitrogens with one attached hydrogen (secondary N) is 1. The zero-order chi connectivity index (χ0) is 12.1. The van der Waals surface area contributed by atoms with E-state index in [0.29, 0.717) is 16.3 Å². The molecule has 3 N–H and O–H groups in total. The van der Waals surface area contributed by atoms with Gasteiger partial charge in [0.2, 0.25) is 0 Å². The van der Waals surface area contributed by atoms with Crippen molar-refractivity contribution in [2.75, 3.05) is 11.9 Å². The van der Waals surface area contributed by atoms with Gasteiger partial charge in [-0.05, 0) is 11.4 Å². The first-order valence-corrected chi connectivity index (χ1v) is 5.67. The predicted octanol–water partition coefficient (Wildman–Crippen LogP) is 1.30. The Balaban J connectivity index is 2.17. The lowest BCUT2D eigenvalue weighted by Crippen LogP contribution is -2.11. The highest BCUT2D eigenvalue weighted by molar-refractivity contribution is 7.12. The maximum Gasteiger partial charge on any atom is 0.268 e. The summed E-state index contributed by atoms with van der Waals surface area (Å²) in [7, 11) is 0. The molecule has 0 saturated carbocycles. The molecule has 2 rings (SSSR count). The first kappa shape index (κ1) is 11.4. The van der Waals surface area contributed by atoms with Crippen molar-refractivity contribution in [1.29, 1.82) is 0 Å². The van der Waals surface area contributed by atoms with Crippen molar-refractivity contribution in [2.45, 2.75) is 0 Å². The molecule has 0 unspecified atom stereocenters. The number of aromatic nitrogens is 1. The summed E-state index contributed by atoms with van der Waals surface area (Å²) in [6.07, 6.45) is 1.39. The molecule has 1 amide bonds. The second kappa shape index (κ2) is 5.30. The lowest BCUT2D eigenvalue weighted by Gasteiger charge is -1.98. The minimum absolute atomic E-state index is 0.254. The van der Waals surface area contributed by atoms with Crippen molar-refractivity contribution >= 4 is 23.1 Å². The van der Waals surface area contributed by atoms with Gasteiger partial charge in [-0.1, -0.05) is 17.0 Å². The van der Waals surface area contributed by atoms with Crippen molar-refractivity contribution in [3.05, 3.63) is 34.2 Å². The van der Waals surface area contributed by atoms with E-state index >= 15 is 0 Å². The maximum atomic E-state index is 11.9. The fourth-order valence-electron chi connectivity index (χ4n) is 1.18. The number of hydrogen-bond donors (Lipinski definition) is 2. The third kappa shape index (κ3) is 2.72. The van der Waals surface area contributed by atoms with Crippen LogP contribution in [-0.4, -0.2) is 17.6 Å². The Bertz CT molecular complexity index is 563. The van der Waals surface area contributed by atoms with E-state index in [1.54, 1.807) is 17.5 Å². The molecule has 0 radical (unpaired) electrons. The van der Waals surface area contributed by atoms with Crippen LogP contribution in [0.25, 0.3) is 0 Å². The van der Waals surface area contributed by atoms with E-state index in [2.05, 4.69) is 26.8 Å². The number of hydrogen-bond acceptors (Lipinski definition) is 5. The molecule has 0 aliphatic carbocycles. The van der Waals surface area contributed by atoms with Gasteiger partial charge in [-0.3, -0.25) is 4.79 Å². The molecular formula is C11H9N3O2S. The van der Waals surface area contributed by atoms with Gasteiger partial charge in [0.25, 0.3) is 5.91 Å². The van der Waals surface area contributed by atoms with Gasteiger partial charge in [-0.2, -0.15) is 0 Å². The van der Waals surface area contributed by atoms with Crippen molar-refractivity contribution < 1.29 is 9.32 Å². The van der Waals surface area contributed by atoms with Gasteiger partial charge in [0.05, 0.1) is 6.54 Å². The monoisotopic (exact) mass is 247 g/mol. The van der Waals surface area contributed by atoms with Crippen LogP contribution < -0.4 is 11.1 Å². The Labute approximate surface area is 102 Å². The summed E-state index contributed by atoms with van der Waals surface area (Å²) >= 11 is 1.32. The molecule has 2 aromatic rings. The zero-order valence-corrected chi connectivity index (χ0v) is 9.58. The minimum Gasteiger partial charge on any atom is -0.363 e. The van der Waals surface area contributed by atoms with Crippen molar-refractivity contribution in [3.8, 4) is 11.8 Å². The standard InChI is InChI=1S/C11H9N3O2S/c12-5-1-2-8-4-7-17-10(8)11(15)13-9-3-6-16-14-9/h3-4,6-7H,5,12H2,(H,13,14,15). The van der Waals surface area contributed by atoms with Crippen LogP contribution in [0.15, 0.2) is 28.3 Å². The van der Waals surface area contributed by atoms with E-state index < -0.39 is 0 Å². The van der Waals surface area contributed by atoms with E-state index in [9.17, 15) is 4.79 Å². The fraction of sp³-hybridized carbons (Fsp3) is 0.0909. The zero-order valence-electron chi connectivity index (χ0n) is 8.77. The largest absolute Gasteiger partial charge is 0.363 e. The summed E-state index contributed by atoms with van der Waals surface area (Å²) in [6.45, 7) is 0.264. The predicted molar refractivity (Wildman–Crippen MR) is 64.7 cm³/mol. The van der Waals surface area contributed by atoms with Gasteiger partial charge in [0.1, 0.15) is 11.1 Å². The topological polar surface area (TPSA) is 81.2 Å². The molecule has 0 aliphatic rings. The molecule has 0 saturated heterocycles. The van der Waals surface area contributed by atoms with Crippen molar-refractivity contribution in [3.63, 3.8) is 0 Å². The molecular weight excluding hydrogens is 238 g/mol. The first-order valence-electron chi connectivity index (χ1n) is 4.79. The van der Waals surface area contributed by atoms with Gasteiger partial charge in [-0.25, -0.2) is 0 Å². The lowest BCUT2D eigenvalue weighted by atomic mass is 10.2. The quantitative estimate of drug-likeness (QED) is 0.784. The fourth-order valence-corrected chi connectivity index (χ4v) is 1.92. The molecule has 0 fully saturated rings. The third-order valence-corrected chi connectivity index (χ3v) is 2.79. The molecule has 0 aromatic carbocycles. The Morgan fingerprint density at radius 3 is 3.18 bits per heavy atom. The highest BCUT2D eigenvalue weighted by atomic mass is 32.1. The molecule has 17 heavy (non-hydrogen) atoms. The Morgan fingerprint density at radius 2 is 2.47 bits per heavy atom. The van der Waals surface area contributed by atoms with Gasteiger partial charge in [0, 0.05) is 11.6 Å². The van der Waals surface area contributed by atoms with E-state index in [1.807, 2.05) is 0 Å². The summed E-state index contributed by atoms with van der Waals surface area (Å²) < 4.78 is 4.62. The molecule has 0 bridgehead atoms. The summed E-state index contributed by atoms with van der Waals surface area (Å²) in [6, 6.07) is 3.35. The normalized spacial score (nSPS) is 9.47. The van der Waals surface area contributed by atoms with Gasteiger partial charge < -0.3 is 15.6 Å². The Kier molecular flexibility index (Phi) is 3.55. The molecule has 0 aliphatic heterocycles. The number of carbonyl (C=O) groups excluding carboxylic acids is 1. The number of carbonyl (C=O) groups is 1. The first-order chi connectivity index (χ1) is 8.31.